The van der Waals surface area contributed by atoms with Gasteiger partial charge in [-0.1, -0.05) is 12.1 Å². The fourth-order valence-corrected chi connectivity index (χ4v) is 2.35. The van der Waals surface area contributed by atoms with E-state index in [1.54, 1.807) is 6.07 Å². The van der Waals surface area contributed by atoms with Crippen molar-refractivity contribution in [2.45, 2.75) is 12.3 Å². The summed E-state index contributed by atoms with van der Waals surface area (Å²) >= 11 is 0. The molecule has 3 rings (SSSR count). The van der Waals surface area contributed by atoms with Gasteiger partial charge in [0.2, 0.25) is 5.88 Å². The third-order valence-electron chi connectivity index (χ3n) is 3.30. The maximum absolute atomic E-state index is 13.0. The highest BCUT2D eigenvalue weighted by atomic mass is 19.4. The van der Waals surface area contributed by atoms with Crippen molar-refractivity contribution in [1.29, 1.82) is 0 Å². The molecule has 0 fully saturated rings. The van der Waals surface area contributed by atoms with Crippen LogP contribution in [0.25, 0.3) is 0 Å². The van der Waals surface area contributed by atoms with Gasteiger partial charge >= 0.3 is 12.3 Å². The predicted octanol–water partition coefficient (Wildman–Crippen LogP) is 2.29. The average molecular weight is 325 g/mol. The summed E-state index contributed by atoms with van der Waals surface area (Å²) < 4.78 is 48.5. The summed E-state index contributed by atoms with van der Waals surface area (Å²) in [5.41, 5.74) is 0.0109. The Morgan fingerprint density at radius 3 is 2.61 bits per heavy atom. The third kappa shape index (κ3) is 2.59. The minimum atomic E-state index is -5.04. The van der Waals surface area contributed by atoms with Gasteiger partial charge in [-0.3, -0.25) is 9.69 Å². The molecule has 1 amide bonds. The number of aromatic nitrogens is 2. The van der Waals surface area contributed by atoms with E-state index in [4.69, 9.17) is 4.74 Å². The smallest absolute Gasteiger partial charge is 0.422 e. The largest absolute Gasteiger partial charge is 0.527 e. The van der Waals surface area contributed by atoms with Crippen LogP contribution in [0.4, 0.5) is 13.2 Å². The van der Waals surface area contributed by atoms with E-state index < -0.39 is 18.2 Å². The van der Waals surface area contributed by atoms with E-state index in [0.29, 0.717) is 0 Å². The first-order valence-electron chi connectivity index (χ1n) is 6.43. The molecule has 1 aliphatic rings. The highest BCUT2D eigenvalue weighted by Gasteiger charge is 2.58. The van der Waals surface area contributed by atoms with E-state index in [2.05, 4.69) is 14.7 Å². The first-order chi connectivity index (χ1) is 10.8. The molecular formula is C14H10F3N3O3. The molecule has 1 aliphatic heterocycles. The maximum atomic E-state index is 13.0. The zero-order valence-electron chi connectivity index (χ0n) is 11.7. The molecule has 0 aliphatic carbocycles. The van der Waals surface area contributed by atoms with E-state index >= 15 is 0 Å². The van der Waals surface area contributed by atoms with Crippen LogP contribution in [0.5, 0.6) is 5.88 Å². The number of ether oxygens (including phenoxy) is 2. The van der Waals surface area contributed by atoms with E-state index in [-0.39, 0.29) is 17.0 Å². The number of rotatable bonds is 3. The number of alkyl halides is 3. The molecule has 2 heterocycles. The zero-order valence-corrected chi connectivity index (χ0v) is 11.7. The normalized spacial score (nSPS) is 20.5. The molecule has 0 bridgehead atoms. The van der Waals surface area contributed by atoms with Gasteiger partial charge in [-0.2, -0.15) is 0 Å². The Bertz CT molecular complexity index is 739. The van der Waals surface area contributed by atoms with Crippen molar-refractivity contribution in [2.75, 3.05) is 7.05 Å². The van der Waals surface area contributed by atoms with Crippen LogP contribution >= 0.6 is 0 Å². The Labute approximate surface area is 128 Å². The molecule has 0 N–H and O–H groups in total. The van der Waals surface area contributed by atoms with Crippen LogP contribution < -0.4 is 4.74 Å². The summed E-state index contributed by atoms with van der Waals surface area (Å²) in [4.78, 5) is 20.4. The summed E-state index contributed by atoms with van der Waals surface area (Å²) in [7, 11) is 1.16. The van der Waals surface area contributed by atoms with E-state index in [1.165, 1.54) is 30.5 Å². The van der Waals surface area contributed by atoms with Crippen molar-refractivity contribution >= 4 is 5.91 Å². The van der Waals surface area contributed by atoms with Gasteiger partial charge in [0, 0.05) is 19.3 Å². The van der Waals surface area contributed by atoms with Gasteiger partial charge in [-0.15, -0.1) is 13.2 Å². The SMILES string of the molecule is CN1C(=O)c2ccccc2C1(Oc1ccncn1)OC(F)(F)F. The van der Waals surface area contributed by atoms with Crippen LogP contribution in [0.1, 0.15) is 15.9 Å². The molecule has 2 aromatic rings. The van der Waals surface area contributed by atoms with Crippen molar-refractivity contribution in [2.24, 2.45) is 0 Å². The van der Waals surface area contributed by atoms with Crippen molar-refractivity contribution < 1.29 is 27.4 Å². The van der Waals surface area contributed by atoms with Crippen LogP contribution in [-0.4, -0.2) is 34.2 Å². The second kappa shape index (κ2) is 5.20. The molecule has 0 saturated heterocycles. The number of nitrogens with zero attached hydrogens (tertiary/aromatic N) is 3. The number of carbonyl (C=O) groups excluding carboxylic acids is 1. The number of halogens is 3. The Morgan fingerprint density at radius 2 is 1.96 bits per heavy atom. The minimum absolute atomic E-state index is 0.0524. The van der Waals surface area contributed by atoms with Gasteiger partial charge in [-0.05, 0) is 12.1 Å². The summed E-state index contributed by atoms with van der Waals surface area (Å²) in [6.07, 6.45) is -2.63. The molecule has 1 aromatic carbocycles. The lowest BCUT2D eigenvalue weighted by molar-refractivity contribution is -0.432. The highest BCUT2D eigenvalue weighted by Crippen LogP contribution is 2.43. The molecule has 0 radical (unpaired) electrons. The molecule has 0 spiro atoms. The monoisotopic (exact) mass is 325 g/mol. The lowest BCUT2D eigenvalue weighted by atomic mass is 10.1. The molecule has 120 valence electrons. The van der Waals surface area contributed by atoms with Gasteiger partial charge in [-0.25, -0.2) is 14.7 Å². The fraction of sp³-hybridized carbons (Fsp3) is 0.214. The second-order valence-electron chi connectivity index (χ2n) is 4.69. The predicted molar refractivity (Wildman–Crippen MR) is 70.0 cm³/mol. The van der Waals surface area contributed by atoms with E-state index in [0.717, 1.165) is 18.3 Å². The molecule has 9 heteroatoms. The second-order valence-corrected chi connectivity index (χ2v) is 4.69. The third-order valence-corrected chi connectivity index (χ3v) is 3.30. The number of fused-ring (bicyclic) bond motifs is 1. The molecule has 23 heavy (non-hydrogen) atoms. The van der Waals surface area contributed by atoms with Crippen LogP contribution in [-0.2, 0) is 10.6 Å². The van der Waals surface area contributed by atoms with Gasteiger partial charge in [0.05, 0.1) is 11.1 Å². The number of carbonyl (C=O) groups is 1. The topological polar surface area (TPSA) is 64.6 Å². The number of benzene rings is 1. The van der Waals surface area contributed by atoms with Crippen LogP contribution in [0.2, 0.25) is 0 Å². The van der Waals surface area contributed by atoms with Crippen molar-refractivity contribution in [3.63, 3.8) is 0 Å². The van der Waals surface area contributed by atoms with Crippen LogP contribution in [0.15, 0.2) is 42.9 Å². The van der Waals surface area contributed by atoms with E-state index in [1.807, 2.05) is 0 Å². The first kappa shape index (κ1) is 15.2. The van der Waals surface area contributed by atoms with Crippen LogP contribution in [0.3, 0.4) is 0 Å². The van der Waals surface area contributed by atoms with Crippen molar-refractivity contribution in [3.05, 3.63) is 54.0 Å². The number of hydrogen-bond acceptors (Lipinski definition) is 5. The van der Waals surface area contributed by atoms with Gasteiger partial charge in [0.15, 0.2) is 0 Å². The molecule has 1 unspecified atom stereocenters. The van der Waals surface area contributed by atoms with Gasteiger partial charge < -0.3 is 4.74 Å². The van der Waals surface area contributed by atoms with Crippen LogP contribution in [0, 0.1) is 0 Å². The molecule has 1 aromatic heterocycles. The highest BCUT2D eigenvalue weighted by molar-refractivity contribution is 5.99. The van der Waals surface area contributed by atoms with Gasteiger partial charge in [0.25, 0.3) is 5.91 Å². The van der Waals surface area contributed by atoms with Crippen molar-refractivity contribution in [1.82, 2.24) is 14.9 Å². The zero-order chi connectivity index (χ0) is 16.7. The van der Waals surface area contributed by atoms with Crippen molar-refractivity contribution in [3.8, 4) is 5.88 Å². The summed E-state index contributed by atoms with van der Waals surface area (Å²) in [6.45, 7) is 0. The Balaban J connectivity index is 2.15. The molecule has 1 atom stereocenters. The van der Waals surface area contributed by atoms with Gasteiger partial charge in [0.1, 0.15) is 6.33 Å². The number of amides is 1. The Morgan fingerprint density at radius 1 is 1.22 bits per heavy atom. The summed E-state index contributed by atoms with van der Waals surface area (Å²) in [5.74, 6) is -3.31. The minimum Gasteiger partial charge on any atom is -0.422 e. The number of hydrogen-bond donors (Lipinski definition) is 0. The standard InChI is InChI=1S/C14H10F3N3O3/c1-20-12(21)9-4-2-3-5-10(9)13(20,23-14(15,16)17)22-11-6-7-18-8-19-11/h2-8H,1H3. The Kier molecular flexibility index (Phi) is 3.44. The average Bonchev–Trinajstić information content (AvgIpc) is 2.70. The fourth-order valence-electron chi connectivity index (χ4n) is 2.35. The first-order valence-corrected chi connectivity index (χ1v) is 6.43. The maximum Gasteiger partial charge on any atom is 0.527 e. The molecule has 6 nitrogen and oxygen atoms in total. The summed E-state index contributed by atoms with van der Waals surface area (Å²) in [5, 5.41) is 0. The van der Waals surface area contributed by atoms with E-state index in [9.17, 15) is 18.0 Å². The Hall–Kier alpha value is -2.68. The lowest BCUT2D eigenvalue weighted by Gasteiger charge is -2.35. The molecule has 0 saturated carbocycles. The lowest BCUT2D eigenvalue weighted by Crippen LogP contribution is -2.51. The summed E-state index contributed by atoms with van der Waals surface area (Å²) in [6, 6.07) is 7.03. The quantitative estimate of drug-likeness (QED) is 0.810. The molecular weight excluding hydrogens is 315 g/mol.